The summed E-state index contributed by atoms with van der Waals surface area (Å²) in [5.74, 6) is 0.778. The molecule has 30 heavy (non-hydrogen) atoms. The van der Waals surface area contributed by atoms with Gasteiger partial charge in [-0.15, -0.1) is 0 Å². The fourth-order valence-corrected chi connectivity index (χ4v) is 5.11. The first kappa shape index (κ1) is 19.1. The normalized spacial score (nSPS) is 18.5. The van der Waals surface area contributed by atoms with E-state index in [2.05, 4.69) is 22.3 Å². The summed E-state index contributed by atoms with van der Waals surface area (Å²) >= 11 is 0. The molecule has 2 aromatic heterocycles. The van der Waals surface area contributed by atoms with E-state index in [-0.39, 0.29) is 16.8 Å². The average Bonchev–Trinajstić information content (AvgIpc) is 3.36. The molecule has 8 heteroatoms. The van der Waals surface area contributed by atoms with Crippen molar-refractivity contribution in [1.29, 1.82) is 0 Å². The lowest BCUT2D eigenvalue weighted by Gasteiger charge is -2.42. The highest BCUT2D eigenvalue weighted by Crippen LogP contribution is 2.34. The Bertz CT molecular complexity index is 1200. The molecule has 158 valence electrons. The quantitative estimate of drug-likeness (QED) is 0.705. The van der Waals surface area contributed by atoms with Gasteiger partial charge in [0.25, 0.3) is 5.56 Å². The van der Waals surface area contributed by atoms with Gasteiger partial charge in [0, 0.05) is 39.3 Å². The molecule has 1 aromatic carbocycles. The molecule has 0 bridgehead atoms. The highest BCUT2D eigenvalue weighted by atomic mass is 16.2. The summed E-state index contributed by atoms with van der Waals surface area (Å²) in [6.45, 7) is 3.13. The minimum absolute atomic E-state index is 0.130. The molecule has 1 aliphatic carbocycles. The summed E-state index contributed by atoms with van der Waals surface area (Å²) in [6, 6.07) is 10.1. The molecular formula is C22H28N6O2. The second kappa shape index (κ2) is 7.12. The standard InChI is InChI=1S/C22H28N6O2/c1-25-18-17(19(29)26(2)21(25)30)28(14-16-8-4-3-5-9-16)20(24-18)27-13-12-23-22(15-27)10-6-7-11-22/h3-5,8-9,23H,6-7,10-15H2,1-2H3. The number of hydrogen-bond donors (Lipinski definition) is 1. The number of rotatable bonds is 3. The highest BCUT2D eigenvalue weighted by molar-refractivity contribution is 5.75. The van der Waals surface area contributed by atoms with Gasteiger partial charge in [0.05, 0.1) is 6.54 Å². The van der Waals surface area contributed by atoms with Gasteiger partial charge in [0.1, 0.15) is 0 Å². The molecule has 5 rings (SSSR count). The van der Waals surface area contributed by atoms with Gasteiger partial charge in [-0.05, 0) is 18.4 Å². The van der Waals surface area contributed by atoms with E-state index in [1.807, 2.05) is 22.8 Å². The molecule has 1 saturated carbocycles. The lowest BCUT2D eigenvalue weighted by molar-refractivity contribution is 0.301. The van der Waals surface area contributed by atoms with Crippen molar-refractivity contribution >= 4 is 17.1 Å². The Kier molecular flexibility index (Phi) is 4.54. The van der Waals surface area contributed by atoms with Crippen molar-refractivity contribution in [2.45, 2.75) is 37.8 Å². The number of imidazole rings is 1. The van der Waals surface area contributed by atoms with E-state index < -0.39 is 0 Å². The number of hydrogen-bond acceptors (Lipinski definition) is 5. The van der Waals surface area contributed by atoms with Crippen LogP contribution in [0.15, 0.2) is 39.9 Å². The van der Waals surface area contributed by atoms with Crippen LogP contribution in [-0.2, 0) is 20.6 Å². The van der Waals surface area contributed by atoms with Gasteiger partial charge in [-0.1, -0.05) is 43.2 Å². The first-order valence-electron chi connectivity index (χ1n) is 10.7. The van der Waals surface area contributed by atoms with E-state index in [0.717, 1.165) is 31.1 Å². The van der Waals surface area contributed by atoms with Gasteiger partial charge >= 0.3 is 5.69 Å². The number of aromatic nitrogens is 4. The number of nitrogens with one attached hydrogen (secondary N) is 1. The van der Waals surface area contributed by atoms with Gasteiger partial charge in [0.15, 0.2) is 11.2 Å². The summed E-state index contributed by atoms with van der Waals surface area (Å²) in [5.41, 5.74) is 1.51. The second-order valence-corrected chi connectivity index (χ2v) is 8.70. The first-order chi connectivity index (χ1) is 14.5. The zero-order chi connectivity index (χ0) is 20.9. The van der Waals surface area contributed by atoms with E-state index in [1.54, 1.807) is 7.05 Å². The molecule has 1 spiro atoms. The zero-order valence-corrected chi connectivity index (χ0v) is 17.6. The van der Waals surface area contributed by atoms with Crippen LogP contribution in [0.3, 0.4) is 0 Å². The first-order valence-corrected chi connectivity index (χ1v) is 10.7. The number of piperazine rings is 1. The number of nitrogens with zero attached hydrogens (tertiary/aromatic N) is 5. The van der Waals surface area contributed by atoms with E-state index in [9.17, 15) is 9.59 Å². The van der Waals surface area contributed by atoms with Crippen LogP contribution in [0, 0.1) is 0 Å². The lowest BCUT2D eigenvalue weighted by atomic mass is 9.95. The maximum atomic E-state index is 13.1. The largest absolute Gasteiger partial charge is 0.339 e. The Morgan fingerprint density at radius 2 is 1.80 bits per heavy atom. The van der Waals surface area contributed by atoms with Crippen molar-refractivity contribution in [1.82, 2.24) is 24.0 Å². The molecule has 8 nitrogen and oxygen atoms in total. The van der Waals surface area contributed by atoms with Gasteiger partial charge in [-0.3, -0.25) is 18.5 Å². The number of fused-ring (bicyclic) bond motifs is 1. The summed E-state index contributed by atoms with van der Waals surface area (Å²) in [4.78, 5) is 32.8. The summed E-state index contributed by atoms with van der Waals surface area (Å²) in [7, 11) is 3.21. The molecule has 0 unspecified atom stereocenters. The summed E-state index contributed by atoms with van der Waals surface area (Å²) in [5, 5.41) is 3.74. The van der Waals surface area contributed by atoms with E-state index in [4.69, 9.17) is 4.98 Å². The van der Waals surface area contributed by atoms with Gasteiger partial charge < -0.3 is 10.2 Å². The maximum Gasteiger partial charge on any atom is 0.332 e. The molecule has 3 heterocycles. The minimum atomic E-state index is -0.351. The van der Waals surface area contributed by atoms with Crippen molar-refractivity contribution in [3.63, 3.8) is 0 Å². The van der Waals surface area contributed by atoms with Crippen LogP contribution < -0.4 is 21.5 Å². The van der Waals surface area contributed by atoms with Crippen LogP contribution in [0.1, 0.15) is 31.2 Å². The molecule has 2 fully saturated rings. The SMILES string of the molecule is Cn1c(=O)c2c(nc(N3CCNC4(CCCC4)C3)n2Cc2ccccc2)n(C)c1=O. The lowest BCUT2D eigenvalue weighted by Crippen LogP contribution is -2.59. The fourth-order valence-electron chi connectivity index (χ4n) is 5.11. The predicted octanol–water partition coefficient (Wildman–Crippen LogP) is 1.20. The third-order valence-electron chi connectivity index (χ3n) is 6.73. The summed E-state index contributed by atoms with van der Waals surface area (Å²) < 4.78 is 4.65. The molecular weight excluding hydrogens is 380 g/mol. The van der Waals surface area contributed by atoms with E-state index in [0.29, 0.717) is 17.7 Å². The highest BCUT2D eigenvalue weighted by Gasteiger charge is 2.39. The fraction of sp³-hybridized carbons (Fsp3) is 0.500. The third kappa shape index (κ3) is 2.98. The summed E-state index contributed by atoms with van der Waals surface area (Å²) in [6.07, 6.45) is 4.83. The zero-order valence-electron chi connectivity index (χ0n) is 17.6. The van der Waals surface area contributed by atoms with Crippen LogP contribution in [0.4, 0.5) is 5.95 Å². The maximum absolute atomic E-state index is 13.1. The molecule has 0 radical (unpaired) electrons. The average molecular weight is 409 g/mol. The molecule has 3 aromatic rings. The van der Waals surface area contributed by atoms with Crippen molar-refractivity contribution in [2.75, 3.05) is 24.5 Å². The monoisotopic (exact) mass is 408 g/mol. The van der Waals surface area contributed by atoms with Gasteiger partial charge in [-0.25, -0.2) is 4.79 Å². The second-order valence-electron chi connectivity index (χ2n) is 8.70. The molecule has 1 saturated heterocycles. The number of anilines is 1. The van der Waals surface area contributed by atoms with Crippen LogP contribution in [0.2, 0.25) is 0 Å². The molecule has 1 N–H and O–H groups in total. The Hall–Kier alpha value is -2.87. The van der Waals surface area contributed by atoms with Crippen molar-refractivity contribution in [3.8, 4) is 0 Å². The Morgan fingerprint density at radius 3 is 2.53 bits per heavy atom. The van der Waals surface area contributed by atoms with Crippen LogP contribution >= 0.6 is 0 Å². The van der Waals surface area contributed by atoms with Crippen molar-refractivity contribution in [2.24, 2.45) is 14.1 Å². The van der Waals surface area contributed by atoms with E-state index in [1.165, 1.54) is 41.9 Å². The van der Waals surface area contributed by atoms with Crippen molar-refractivity contribution < 1.29 is 0 Å². The Labute approximate surface area is 174 Å². The van der Waals surface area contributed by atoms with Crippen LogP contribution in [0.5, 0.6) is 0 Å². The predicted molar refractivity (Wildman–Crippen MR) is 117 cm³/mol. The van der Waals surface area contributed by atoms with E-state index >= 15 is 0 Å². The van der Waals surface area contributed by atoms with Crippen molar-refractivity contribution in [3.05, 3.63) is 56.7 Å². The van der Waals surface area contributed by atoms with Crippen LogP contribution in [-0.4, -0.2) is 43.9 Å². The molecule has 2 aliphatic rings. The van der Waals surface area contributed by atoms with Gasteiger partial charge in [-0.2, -0.15) is 4.98 Å². The van der Waals surface area contributed by atoms with Gasteiger partial charge in [0.2, 0.25) is 5.95 Å². The topological polar surface area (TPSA) is 77.1 Å². The van der Waals surface area contributed by atoms with Crippen LogP contribution in [0.25, 0.3) is 11.2 Å². The number of benzene rings is 1. The minimum Gasteiger partial charge on any atom is -0.339 e. The Balaban J connectivity index is 1.69. The number of aryl methyl sites for hydroxylation is 1. The molecule has 0 amide bonds. The smallest absolute Gasteiger partial charge is 0.332 e. The molecule has 0 atom stereocenters. The third-order valence-corrected chi connectivity index (χ3v) is 6.73. The molecule has 1 aliphatic heterocycles. The Morgan fingerprint density at radius 1 is 1.07 bits per heavy atom.